The summed E-state index contributed by atoms with van der Waals surface area (Å²) in [6, 6.07) is 5.23. The maximum absolute atomic E-state index is 11.8. The molecule has 0 aliphatic carbocycles. The Hall–Kier alpha value is -1.62. The molecule has 1 rings (SSSR count). The standard InChI is InChI=1S/C10H12FNO3/c11-4-5-15-8-3-1-2-7(6-8)9(12)10(13)14/h1-3,6,9H,4-5,12H2,(H,13,14). The molecule has 0 radical (unpaired) electrons. The van der Waals surface area contributed by atoms with Crippen LogP contribution in [-0.4, -0.2) is 24.4 Å². The molecule has 5 heteroatoms. The lowest BCUT2D eigenvalue weighted by atomic mass is 10.1. The summed E-state index contributed by atoms with van der Waals surface area (Å²) in [7, 11) is 0. The van der Waals surface area contributed by atoms with Gasteiger partial charge >= 0.3 is 5.97 Å². The third kappa shape index (κ3) is 3.21. The minimum atomic E-state index is -1.11. The molecular formula is C10H12FNO3. The Bertz CT molecular complexity index is 343. The van der Waals surface area contributed by atoms with Crippen molar-refractivity contribution in [2.45, 2.75) is 6.04 Å². The van der Waals surface area contributed by atoms with E-state index < -0.39 is 18.7 Å². The van der Waals surface area contributed by atoms with Gasteiger partial charge < -0.3 is 15.6 Å². The topological polar surface area (TPSA) is 72.6 Å². The van der Waals surface area contributed by atoms with Crippen molar-refractivity contribution in [3.05, 3.63) is 29.8 Å². The van der Waals surface area contributed by atoms with Gasteiger partial charge in [-0.05, 0) is 17.7 Å². The minimum Gasteiger partial charge on any atom is -0.491 e. The summed E-state index contributed by atoms with van der Waals surface area (Å²) in [4.78, 5) is 10.6. The Morgan fingerprint density at radius 3 is 2.93 bits per heavy atom. The fourth-order valence-corrected chi connectivity index (χ4v) is 1.10. The average molecular weight is 213 g/mol. The molecular weight excluding hydrogens is 201 g/mol. The summed E-state index contributed by atoms with van der Waals surface area (Å²) in [5.41, 5.74) is 5.84. The third-order valence-corrected chi connectivity index (χ3v) is 1.83. The summed E-state index contributed by atoms with van der Waals surface area (Å²) < 4.78 is 16.8. The number of ether oxygens (including phenoxy) is 1. The molecule has 4 nitrogen and oxygen atoms in total. The van der Waals surface area contributed by atoms with Crippen molar-refractivity contribution in [2.75, 3.05) is 13.3 Å². The van der Waals surface area contributed by atoms with Crippen LogP contribution in [0.2, 0.25) is 0 Å². The fourth-order valence-electron chi connectivity index (χ4n) is 1.10. The number of hydrogen-bond acceptors (Lipinski definition) is 3. The SMILES string of the molecule is NC(C(=O)O)c1cccc(OCCF)c1. The fraction of sp³-hybridized carbons (Fsp3) is 0.300. The third-order valence-electron chi connectivity index (χ3n) is 1.83. The van der Waals surface area contributed by atoms with E-state index in [9.17, 15) is 9.18 Å². The molecule has 0 fully saturated rings. The molecule has 0 aromatic heterocycles. The zero-order valence-electron chi connectivity index (χ0n) is 8.02. The molecule has 0 heterocycles. The first-order chi connectivity index (χ1) is 7.15. The molecule has 1 aromatic rings. The number of hydrogen-bond donors (Lipinski definition) is 2. The van der Waals surface area contributed by atoms with Crippen molar-refractivity contribution in [1.29, 1.82) is 0 Å². The second-order valence-corrected chi connectivity index (χ2v) is 2.93. The van der Waals surface area contributed by atoms with Crippen LogP contribution in [0.25, 0.3) is 0 Å². The van der Waals surface area contributed by atoms with Gasteiger partial charge in [-0.1, -0.05) is 12.1 Å². The summed E-state index contributed by atoms with van der Waals surface area (Å²) in [5, 5.41) is 8.68. The number of rotatable bonds is 5. The Labute approximate surface area is 86.5 Å². The van der Waals surface area contributed by atoms with Gasteiger partial charge in [0.15, 0.2) is 0 Å². The van der Waals surface area contributed by atoms with E-state index in [0.29, 0.717) is 11.3 Å². The molecule has 0 saturated heterocycles. The lowest BCUT2D eigenvalue weighted by Gasteiger charge is -2.09. The number of aliphatic carboxylic acids is 1. The van der Waals surface area contributed by atoms with Crippen LogP contribution in [0.3, 0.4) is 0 Å². The van der Waals surface area contributed by atoms with Crippen molar-refractivity contribution in [1.82, 2.24) is 0 Å². The molecule has 0 saturated carbocycles. The predicted octanol–water partition coefficient (Wildman–Crippen LogP) is 1.12. The van der Waals surface area contributed by atoms with Crippen molar-refractivity contribution >= 4 is 5.97 Å². The van der Waals surface area contributed by atoms with Crippen LogP contribution >= 0.6 is 0 Å². The van der Waals surface area contributed by atoms with Crippen LogP contribution in [0.15, 0.2) is 24.3 Å². The first kappa shape index (κ1) is 11.5. The first-order valence-corrected chi connectivity index (χ1v) is 4.42. The largest absolute Gasteiger partial charge is 0.491 e. The Morgan fingerprint density at radius 2 is 2.33 bits per heavy atom. The van der Waals surface area contributed by atoms with Crippen LogP contribution in [0.5, 0.6) is 5.75 Å². The average Bonchev–Trinajstić information content (AvgIpc) is 2.25. The highest BCUT2D eigenvalue weighted by Gasteiger charge is 2.14. The molecule has 0 aliphatic rings. The van der Waals surface area contributed by atoms with Gasteiger partial charge in [-0.15, -0.1) is 0 Å². The number of nitrogens with two attached hydrogens (primary N) is 1. The van der Waals surface area contributed by atoms with Crippen molar-refractivity contribution < 1.29 is 19.0 Å². The molecule has 15 heavy (non-hydrogen) atoms. The normalized spacial score (nSPS) is 12.1. The number of carbonyl (C=O) groups is 1. The summed E-state index contributed by atoms with van der Waals surface area (Å²) in [5.74, 6) is -0.695. The maximum Gasteiger partial charge on any atom is 0.325 e. The zero-order chi connectivity index (χ0) is 11.3. The molecule has 0 aliphatic heterocycles. The van der Waals surface area contributed by atoms with E-state index in [1.54, 1.807) is 18.2 Å². The van der Waals surface area contributed by atoms with Crippen molar-refractivity contribution in [3.8, 4) is 5.75 Å². The Balaban J connectivity index is 2.77. The maximum atomic E-state index is 11.8. The molecule has 0 spiro atoms. The van der Waals surface area contributed by atoms with E-state index in [-0.39, 0.29) is 6.61 Å². The van der Waals surface area contributed by atoms with Crippen LogP contribution in [0.1, 0.15) is 11.6 Å². The molecule has 0 amide bonds. The van der Waals surface area contributed by atoms with E-state index in [1.807, 2.05) is 0 Å². The molecule has 1 atom stereocenters. The summed E-state index contributed by atoms with van der Waals surface area (Å²) >= 11 is 0. The summed E-state index contributed by atoms with van der Waals surface area (Å²) in [6.07, 6.45) is 0. The van der Waals surface area contributed by atoms with Gasteiger partial charge in [-0.2, -0.15) is 0 Å². The van der Waals surface area contributed by atoms with Gasteiger partial charge in [0.05, 0.1) is 0 Å². The van der Waals surface area contributed by atoms with Crippen molar-refractivity contribution in [3.63, 3.8) is 0 Å². The lowest BCUT2D eigenvalue weighted by Crippen LogP contribution is -2.20. The van der Waals surface area contributed by atoms with Gasteiger partial charge in [0, 0.05) is 0 Å². The molecule has 1 aromatic carbocycles. The highest BCUT2D eigenvalue weighted by Crippen LogP contribution is 2.17. The van der Waals surface area contributed by atoms with E-state index in [2.05, 4.69) is 0 Å². The Morgan fingerprint density at radius 1 is 1.60 bits per heavy atom. The Kier molecular flexibility index (Phi) is 4.05. The van der Waals surface area contributed by atoms with Crippen LogP contribution < -0.4 is 10.5 Å². The quantitative estimate of drug-likeness (QED) is 0.768. The number of halogens is 1. The van der Waals surface area contributed by atoms with Crippen LogP contribution in [0, 0.1) is 0 Å². The second-order valence-electron chi connectivity index (χ2n) is 2.93. The highest BCUT2D eigenvalue weighted by atomic mass is 19.1. The number of alkyl halides is 1. The van der Waals surface area contributed by atoms with Gasteiger partial charge in [0.25, 0.3) is 0 Å². The lowest BCUT2D eigenvalue weighted by molar-refractivity contribution is -0.138. The van der Waals surface area contributed by atoms with E-state index >= 15 is 0 Å². The molecule has 1 unspecified atom stereocenters. The van der Waals surface area contributed by atoms with E-state index in [0.717, 1.165) is 0 Å². The predicted molar refractivity (Wildman–Crippen MR) is 52.5 cm³/mol. The molecule has 0 bridgehead atoms. The van der Waals surface area contributed by atoms with Gasteiger partial charge in [0.1, 0.15) is 25.1 Å². The van der Waals surface area contributed by atoms with Crippen molar-refractivity contribution in [2.24, 2.45) is 5.73 Å². The van der Waals surface area contributed by atoms with Gasteiger partial charge in [0.2, 0.25) is 0 Å². The highest BCUT2D eigenvalue weighted by molar-refractivity contribution is 5.75. The van der Waals surface area contributed by atoms with Gasteiger partial charge in [-0.3, -0.25) is 4.79 Å². The molecule has 82 valence electrons. The summed E-state index contributed by atoms with van der Waals surface area (Å²) in [6.45, 7) is -0.638. The van der Waals surface area contributed by atoms with Crippen LogP contribution in [0.4, 0.5) is 4.39 Å². The van der Waals surface area contributed by atoms with Crippen LogP contribution in [-0.2, 0) is 4.79 Å². The van der Waals surface area contributed by atoms with E-state index in [1.165, 1.54) is 6.07 Å². The first-order valence-electron chi connectivity index (χ1n) is 4.42. The second kappa shape index (κ2) is 5.31. The smallest absolute Gasteiger partial charge is 0.325 e. The number of benzene rings is 1. The van der Waals surface area contributed by atoms with Gasteiger partial charge in [-0.25, -0.2) is 4.39 Å². The number of carboxylic acid groups (broad SMARTS) is 1. The zero-order valence-corrected chi connectivity index (χ0v) is 8.02. The van der Waals surface area contributed by atoms with E-state index in [4.69, 9.17) is 15.6 Å². The molecule has 3 N–H and O–H groups in total. The number of carboxylic acids is 1. The monoisotopic (exact) mass is 213 g/mol. The minimum absolute atomic E-state index is 0.0498.